The number of hydrogen-bond acceptors (Lipinski definition) is 14. The van der Waals surface area contributed by atoms with Crippen molar-refractivity contribution >= 4 is 35.6 Å². The summed E-state index contributed by atoms with van der Waals surface area (Å²) >= 11 is 0. The summed E-state index contributed by atoms with van der Waals surface area (Å²) in [5, 5.41) is 3.28. The molecule has 0 aromatic heterocycles. The largest absolute Gasteiger partial charge is 0.493 e. The molecule has 17 nitrogen and oxygen atoms in total. The van der Waals surface area contributed by atoms with Crippen LogP contribution in [-0.4, -0.2) is 131 Å². The van der Waals surface area contributed by atoms with Gasteiger partial charge in [-0.05, 0) is 85.0 Å². The predicted octanol–water partition coefficient (Wildman–Crippen LogP) is 7.21. The molecule has 0 bridgehead atoms. The molecule has 4 atom stereocenters. The van der Waals surface area contributed by atoms with Crippen molar-refractivity contribution in [3.05, 3.63) is 143 Å². The van der Waals surface area contributed by atoms with E-state index in [0.717, 1.165) is 49.7 Å². The van der Waals surface area contributed by atoms with Crippen LogP contribution in [-0.2, 0) is 54.7 Å². The zero-order chi connectivity index (χ0) is 54.1. The molecule has 0 spiro atoms. The number of carbonyl (C=O) groups is 6. The van der Waals surface area contributed by atoms with E-state index in [1.807, 2.05) is 60.7 Å². The summed E-state index contributed by atoms with van der Waals surface area (Å²) in [5.74, 6) is -2.42. The van der Waals surface area contributed by atoms with Crippen LogP contribution in [0.25, 0.3) is 0 Å². The predicted molar refractivity (Wildman–Crippen MR) is 281 cm³/mol. The molecule has 2 fully saturated rings. The zero-order valence-electron chi connectivity index (χ0n) is 44.0. The van der Waals surface area contributed by atoms with E-state index < -0.39 is 47.7 Å². The van der Waals surface area contributed by atoms with Crippen molar-refractivity contribution in [2.75, 3.05) is 55.7 Å². The first-order chi connectivity index (χ1) is 36.9. The van der Waals surface area contributed by atoms with E-state index in [9.17, 15) is 28.8 Å². The lowest BCUT2D eigenvalue weighted by Gasteiger charge is -2.26. The van der Waals surface area contributed by atoms with E-state index in [2.05, 4.69) is 29.6 Å². The molecule has 2 heterocycles. The molecule has 0 radical (unpaired) electrons. The topological polar surface area (TPSA) is 195 Å². The molecule has 2 unspecified atom stereocenters. The monoisotopic (exact) mass is 1040 g/mol. The summed E-state index contributed by atoms with van der Waals surface area (Å²) in [4.78, 5) is 84.6. The maximum absolute atomic E-state index is 14.5. The van der Waals surface area contributed by atoms with Gasteiger partial charge in [0, 0.05) is 43.1 Å². The van der Waals surface area contributed by atoms with E-state index in [0.29, 0.717) is 6.29 Å². The lowest BCUT2D eigenvalue weighted by atomic mass is 9.98. The Balaban J connectivity index is 1.00. The van der Waals surface area contributed by atoms with Gasteiger partial charge in [0.15, 0.2) is 23.0 Å². The third-order valence-electron chi connectivity index (χ3n) is 13.9. The number of likely N-dealkylation sites (tertiary alicyclic amines) is 2. The Hall–Kier alpha value is -7.76. The molecule has 2 saturated heterocycles. The number of aryl methyl sites for hydroxylation is 2. The standard InChI is InChI=1S/C59H67N3O14/c1-69-49-27-42(28-50(70-2)55(49)73-5)53(64)58(67)61-33-46(31-45(61)35-63)75-36-40-23-25-41(26-24-40)37-76-47-32-48(62(34-47)59(68)54(65)43-29-51(71-3)56(74-6)52(30-43)72-4)57(66)60-44(21-13-19-38-15-9-7-10-16-38)22-14-20-39-17-11-8-12-18-39/h7-12,15-18,23-30,35,44-48H,13-14,19-22,31-34,36-37H2,1-6H3,(H,60,66)/t45-,46?,47+,48?/m0/s1. The van der Waals surface area contributed by atoms with Gasteiger partial charge in [0.05, 0.1) is 74.1 Å². The fraction of sp³-hybridized carbons (Fsp3) is 0.390. The number of Topliss-reactive ketones (excluding diaryl/α,β-unsaturated/α-hetero) is 2. The number of nitrogens with one attached hydrogen (secondary N) is 1. The van der Waals surface area contributed by atoms with Crippen LogP contribution >= 0.6 is 0 Å². The number of amides is 3. The Bertz CT molecular complexity index is 2690. The minimum absolute atomic E-state index is 0.0108. The number of benzene rings is 5. The Labute approximate surface area is 443 Å². The van der Waals surface area contributed by atoms with Crippen LogP contribution in [0, 0.1) is 0 Å². The van der Waals surface area contributed by atoms with Crippen LogP contribution < -0.4 is 33.7 Å². The van der Waals surface area contributed by atoms with Gasteiger partial charge >= 0.3 is 0 Å². The summed E-state index contributed by atoms with van der Waals surface area (Å²) in [5.41, 5.74) is 4.07. The number of hydrogen-bond donors (Lipinski definition) is 1. The van der Waals surface area contributed by atoms with Gasteiger partial charge in [-0.25, -0.2) is 0 Å². The van der Waals surface area contributed by atoms with E-state index in [1.54, 1.807) is 0 Å². The number of carbonyl (C=O) groups excluding carboxylic acids is 6. The Morgan fingerprint density at radius 1 is 0.539 bits per heavy atom. The van der Waals surface area contributed by atoms with Crippen LogP contribution in [0.15, 0.2) is 109 Å². The maximum Gasteiger partial charge on any atom is 0.295 e. The van der Waals surface area contributed by atoms with Gasteiger partial charge in [-0.1, -0.05) is 84.9 Å². The Morgan fingerprint density at radius 3 is 1.36 bits per heavy atom. The first-order valence-corrected chi connectivity index (χ1v) is 25.4. The van der Waals surface area contributed by atoms with Gasteiger partial charge in [-0.2, -0.15) is 0 Å². The second-order valence-electron chi connectivity index (χ2n) is 18.7. The molecule has 0 saturated carbocycles. The van der Waals surface area contributed by atoms with Gasteiger partial charge in [0.1, 0.15) is 12.3 Å². The first-order valence-electron chi connectivity index (χ1n) is 25.4. The van der Waals surface area contributed by atoms with Crippen molar-refractivity contribution in [2.24, 2.45) is 0 Å². The number of nitrogens with zero attached hydrogens (tertiary/aromatic N) is 2. The van der Waals surface area contributed by atoms with Crippen LogP contribution in [0.4, 0.5) is 0 Å². The second kappa shape index (κ2) is 27.2. The third-order valence-corrected chi connectivity index (χ3v) is 13.9. The van der Waals surface area contributed by atoms with Gasteiger partial charge in [0.2, 0.25) is 17.4 Å². The van der Waals surface area contributed by atoms with Crippen molar-refractivity contribution in [3.8, 4) is 34.5 Å². The molecule has 7 rings (SSSR count). The molecule has 1 N–H and O–H groups in total. The van der Waals surface area contributed by atoms with Crippen molar-refractivity contribution < 1.29 is 66.7 Å². The number of rotatable bonds is 27. The molecule has 2 aliphatic heterocycles. The fourth-order valence-corrected chi connectivity index (χ4v) is 9.77. The van der Waals surface area contributed by atoms with E-state index >= 15 is 0 Å². The Morgan fingerprint density at radius 2 is 0.947 bits per heavy atom. The quantitative estimate of drug-likeness (QED) is 0.0315. The smallest absolute Gasteiger partial charge is 0.295 e. The van der Waals surface area contributed by atoms with E-state index in [-0.39, 0.29) is 96.7 Å². The Kier molecular flexibility index (Phi) is 20.0. The third kappa shape index (κ3) is 13.9. The van der Waals surface area contributed by atoms with Gasteiger partial charge in [-0.15, -0.1) is 0 Å². The highest BCUT2D eigenvalue weighted by Crippen LogP contribution is 2.40. The van der Waals surface area contributed by atoms with E-state index in [4.69, 9.17) is 37.9 Å². The molecule has 3 amide bonds. The molecule has 402 valence electrons. The van der Waals surface area contributed by atoms with Crippen LogP contribution in [0.3, 0.4) is 0 Å². The summed E-state index contributed by atoms with van der Waals surface area (Å²) in [7, 11) is 8.51. The lowest BCUT2D eigenvalue weighted by molar-refractivity contribution is -0.135. The molecular formula is C59H67N3O14. The highest BCUT2D eigenvalue weighted by atomic mass is 16.5. The van der Waals surface area contributed by atoms with Crippen LogP contribution in [0.1, 0.15) is 81.5 Å². The lowest BCUT2D eigenvalue weighted by Crippen LogP contribution is -2.50. The molecule has 5 aromatic rings. The number of ether oxygens (including phenoxy) is 8. The minimum Gasteiger partial charge on any atom is -0.493 e. The van der Waals surface area contributed by atoms with Gasteiger partial charge < -0.3 is 57.8 Å². The van der Waals surface area contributed by atoms with Crippen LogP contribution in [0.2, 0.25) is 0 Å². The minimum atomic E-state index is -0.998. The average Bonchev–Trinajstić information content (AvgIpc) is 4.10. The molecular weight excluding hydrogens is 975 g/mol. The molecule has 2 aliphatic rings. The average molecular weight is 1040 g/mol. The molecule has 76 heavy (non-hydrogen) atoms. The van der Waals surface area contributed by atoms with Crippen LogP contribution in [0.5, 0.6) is 34.5 Å². The summed E-state index contributed by atoms with van der Waals surface area (Å²) in [6.07, 6.45) is 4.70. The summed E-state index contributed by atoms with van der Waals surface area (Å²) in [6.45, 7) is 0.325. The number of methoxy groups -OCH3 is 6. The van der Waals surface area contributed by atoms with Crippen molar-refractivity contribution in [1.82, 2.24) is 15.1 Å². The van der Waals surface area contributed by atoms with Crippen molar-refractivity contribution in [3.63, 3.8) is 0 Å². The number of ketones is 2. The highest BCUT2D eigenvalue weighted by Gasteiger charge is 2.43. The SMILES string of the molecule is COc1cc(C(=O)C(=O)N2C[C@H](OCc3ccc(COC4C[C@@H](C=O)N(C(=O)C(=O)c5cc(OC)c(OC)c(OC)c5)C4)cc3)CC2C(=O)NC(CCCc2ccccc2)CCCc2ccccc2)cc(OC)c1OC. The van der Waals surface area contributed by atoms with Gasteiger partial charge in [0.25, 0.3) is 23.4 Å². The zero-order valence-corrected chi connectivity index (χ0v) is 44.0. The van der Waals surface area contributed by atoms with E-state index in [1.165, 1.54) is 87.9 Å². The normalized spacial score (nSPS) is 17.0. The van der Waals surface area contributed by atoms with Gasteiger partial charge in [-0.3, -0.25) is 24.0 Å². The second-order valence-corrected chi connectivity index (χ2v) is 18.7. The molecule has 0 aliphatic carbocycles. The van der Waals surface area contributed by atoms with Crippen molar-refractivity contribution in [2.45, 2.75) is 94.9 Å². The molecule has 17 heteroatoms. The maximum atomic E-state index is 14.5. The highest BCUT2D eigenvalue weighted by molar-refractivity contribution is 6.43. The van der Waals surface area contributed by atoms with Crippen molar-refractivity contribution in [1.29, 1.82) is 0 Å². The molecule has 5 aromatic carbocycles. The first kappa shape index (κ1) is 56.0. The fourth-order valence-electron chi connectivity index (χ4n) is 9.77. The number of aldehydes is 1. The summed E-state index contributed by atoms with van der Waals surface area (Å²) in [6, 6.07) is 31.5. The summed E-state index contributed by atoms with van der Waals surface area (Å²) < 4.78 is 45.0.